The van der Waals surface area contributed by atoms with Gasteiger partial charge in [-0.15, -0.1) is 5.10 Å². The highest BCUT2D eigenvalue weighted by Crippen LogP contribution is 2.16. The van der Waals surface area contributed by atoms with Gasteiger partial charge in [-0.25, -0.2) is 13.2 Å². The van der Waals surface area contributed by atoms with Gasteiger partial charge in [-0.2, -0.15) is 0 Å². The summed E-state index contributed by atoms with van der Waals surface area (Å²) in [4.78, 5) is 10.9. The highest BCUT2D eigenvalue weighted by Gasteiger charge is 2.17. The second kappa shape index (κ2) is 5.41. The highest BCUT2D eigenvalue weighted by atomic mass is 32.2. The SMILES string of the molecule is Cc1ccccc1S(=O)(=O)CCn1cc(C(=O)O)nn1. The van der Waals surface area contributed by atoms with Gasteiger partial charge in [0.2, 0.25) is 0 Å². The van der Waals surface area contributed by atoms with Crippen LogP contribution in [0.1, 0.15) is 16.1 Å². The monoisotopic (exact) mass is 295 g/mol. The summed E-state index contributed by atoms with van der Waals surface area (Å²) >= 11 is 0. The molecule has 0 atom stereocenters. The molecule has 0 radical (unpaired) electrons. The van der Waals surface area contributed by atoms with Crippen LogP contribution in [0.15, 0.2) is 35.4 Å². The predicted molar refractivity (Wildman–Crippen MR) is 70.2 cm³/mol. The van der Waals surface area contributed by atoms with Crippen molar-refractivity contribution in [2.24, 2.45) is 0 Å². The molecule has 1 aromatic heterocycles. The Kier molecular flexibility index (Phi) is 3.84. The van der Waals surface area contributed by atoms with E-state index in [1.165, 1.54) is 10.9 Å². The molecule has 106 valence electrons. The topological polar surface area (TPSA) is 102 Å². The van der Waals surface area contributed by atoms with E-state index in [4.69, 9.17) is 5.11 Å². The Morgan fingerprint density at radius 1 is 1.35 bits per heavy atom. The molecule has 0 amide bonds. The summed E-state index contributed by atoms with van der Waals surface area (Å²) in [5, 5.41) is 15.7. The molecule has 2 aromatic rings. The number of aryl methyl sites for hydroxylation is 2. The van der Waals surface area contributed by atoms with Crippen molar-refractivity contribution in [1.29, 1.82) is 0 Å². The first-order valence-corrected chi connectivity index (χ1v) is 7.47. The molecule has 0 aliphatic carbocycles. The molecule has 8 heteroatoms. The summed E-state index contributed by atoms with van der Waals surface area (Å²) < 4.78 is 25.6. The highest BCUT2D eigenvalue weighted by molar-refractivity contribution is 7.91. The molecule has 1 aromatic carbocycles. The van der Waals surface area contributed by atoms with Crippen LogP contribution in [-0.2, 0) is 16.4 Å². The van der Waals surface area contributed by atoms with Gasteiger partial charge in [-0.05, 0) is 18.6 Å². The number of rotatable bonds is 5. The molecule has 0 aliphatic rings. The van der Waals surface area contributed by atoms with Gasteiger partial charge in [0.05, 0.1) is 23.4 Å². The van der Waals surface area contributed by atoms with Gasteiger partial charge in [-0.1, -0.05) is 23.4 Å². The van der Waals surface area contributed by atoms with Crippen molar-refractivity contribution < 1.29 is 18.3 Å². The zero-order chi connectivity index (χ0) is 14.8. The van der Waals surface area contributed by atoms with Crippen LogP contribution < -0.4 is 0 Å². The van der Waals surface area contributed by atoms with Gasteiger partial charge in [0.25, 0.3) is 0 Å². The van der Waals surface area contributed by atoms with Crippen molar-refractivity contribution in [3.8, 4) is 0 Å². The zero-order valence-electron chi connectivity index (χ0n) is 10.7. The third-order valence-electron chi connectivity index (χ3n) is 2.78. The van der Waals surface area contributed by atoms with Crippen molar-refractivity contribution in [3.63, 3.8) is 0 Å². The van der Waals surface area contributed by atoms with Crippen LogP contribution in [0, 0.1) is 6.92 Å². The number of nitrogens with zero attached hydrogens (tertiary/aromatic N) is 3. The molecule has 20 heavy (non-hydrogen) atoms. The Balaban J connectivity index is 2.13. The van der Waals surface area contributed by atoms with Gasteiger partial charge < -0.3 is 5.11 Å². The average molecular weight is 295 g/mol. The van der Waals surface area contributed by atoms with Crippen LogP contribution in [0.2, 0.25) is 0 Å². The van der Waals surface area contributed by atoms with E-state index in [1.807, 2.05) is 0 Å². The Morgan fingerprint density at radius 3 is 2.65 bits per heavy atom. The van der Waals surface area contributed by atoms with E-state index < -0.39 is 15.8 Å². The first kappa shape index (κ1) is 14.2. The third kappa shape index (κ3) is 3.02. The number of hydrogen-bond acceptors (Lipinski definition) is 5. The quantitative estimate of drug-likeness (QED) is 0.873. The number of sulfone groups is 1. The van der Waals surface area contributed by atoms with Crippen LogP contribution >= 0.6 is 0 Å². The van der Waals surface area contributed by atoms with Gasteiger partial charge in [0.15, 0.2) is 15.5 Å². The minimum atomic E-state index is -3.44. The third-order valence-corrected chi connectivity index (χ3v) is 4.62. The summed E-state index contributed by atoms with van der Waals surface area (Å²) in [5.74, 6) is -1.36. The molecule has 0 unspecified atom stereocenters. The molecule has 1 heterocycles. The molecule has 0 aliphatic heterocycles. The Morgan fingerprint density at radius 2 is 2.05 bits per heavy atom. The number of hydrogen-bond donors (Lipinski definition) is 1. The van der Waals surface area contributed by atoms with E-state index in [2.05, 4.69) is 10.3 Å². The first-order valence-electron chi connectivity index (χ1n) is 5.82. The Bertz CT molecular complexity index is 737. The van der Waals surface area contributed by atoms with E-state index in [-0.39, 0.29) is 22.9 Å². The summed E-state index contributed by atoms with van der Waals surface area (Å²) in [5.41, 5.74) is 0.468. The van der Waals surface area contributed by atoms with Gasteiger partial charge in [0, 0.05) is 0 Å². The summed E-state index contributed by atoms with van der Waals surface area (Å²) in [6.07, 6.45) is 1.20. The van der Waals surface area contributed by atoms with Gasteiger partial charge in [0.1, 0.15) is 0 Å². The van der Waals surface area contributed by atoms with E-state index >= 15 is 0 Å². The lowest BCUT2D eigenvalue weighted by molar-refractivity contribution is 0.0690. The average Bonchev–Trinajstić information content (AvgIpc) is 2.86. The molecule has 0 bridgehead atoms. The van der Waals surface area contributed by atoms with E-state index in [0.29, 0.717) is 5.56 Å². The molecule has 0 spiro atoms. The zero-order valence-corrected chi connectivity index (χ0v) is 11.5. The summed E-state index contributed by atoms with van der Waals surface area (Å²) in [7, 11) is -3.44. The predicted octanol–water partition coefficient (Wildman–Crippen LogP) is 0.759. The molecule has 1 N–H and O–H groups in total. The maximum Gasteiger partial charge on any atom is 0.358 e. The van der Waals surface area contributed by atoms with Crippen molar-refractivity contribution in [3.05, 3.63) is 41.7 Å². The van der Waals surface area contributed by atoms with Gasteiger partial charge in [-0.3, -0.25) is 4.68 Å². The lowest BCUT2D eigenvalue weighted by atomic mass is 10.2. The molecule has 0 saturated heterocycles. The molecular formula is C12H13N3O4S. The van der Waals surface area contributed by atoms with Crippen molar-refractivity contribution in [2.75, 3.05) is 5.75 Å². The largest absolute Gasteiger partial charge is 0.476 e. The Hall–Kier alpha value is -2.22. The lowest BCUT2D eigenvalue weighted by Gasteiger charge is -2.07. The van der Waals surface area contributed by atoms with E-state index in [1.54, 1.807) is 31.2 Å². The number of carboxylic acids is 1. The normalized spacial score (nSPS) is 11.4. The number of aromatic nitrogens is 3. The fraction of sp³-hybridized carbons (Fsp3) is 0.250. The second-order valence-corrected chi connectivity index (χ2v) is 6.33. The molecule has 0 saturated carbocycles. The van der Waals surface area contributed by atoms with E-state index in [0.717, 1.165) is 0 Å². The van der Waals surface area contributed by atoms with Crippen LogP contribution in [0.25, 0.3) is 0 Å². The smallest absolute Gasteiger partial charge is 0.358 e. The maximum atomic E-state index is 12.2. The number of carboxylic acid groups (broad SMARTS) is 1. The summed E-state index contributed by atoms with van der Waals surface area (Å²) in [6.45, 7) is 1.78. The van der Waals surface area contributed by atoms with E-state index in [9.17, 15) is 13.2 Å². The fourth-order valence-electron chi connectivity index (χ4n) is 1.73. The molecular weight excluding hydrogens is 282 g/mol. The first-order chi connectivity index (χ1) is 9.40. The van der Waals surface area contributed by atoms with Gasteiger partial charge >= 0.3 is 5.97 Å². The van der Waals surface area contributed by atoms with Crippen LogP contribution in [0.5, 0.6) is 0 Å². The molecule has 7 nitrogen and oxygen atoms in total. The van der Waals surface area contributed by atoms with Crippen LogP contribution in [0.3, 0.4) is 0 Å². The minimum absolute atomic E-state index is 0.0525. The molecule has 2 rings (SSSR count). The van der Waals surface area contributed by atoms with Crippen molar-refractivity contribution in [1.82, 2.24) is 15.0 Å². The maximum absolute atomic E-state index is 12.2. The Labute approximate surface area is 115 Å². The van der Waals surface area contributed by atoms with Crippen LogP contribution in [0.4, 0.5) is 0 Å². The van der Waals surface area contributed by atoms with Crippen LogP contribution in [-0.4, -0.2) is 40.2 Å². The van der Waals surface area contributed by atoms with Crippen molar-refractivity contribution >= 4 is 15.8 Å². The standard InChI is InChI=1S/C12H13N3O4S/c1-9-4-2-3-5-11(9)20(18,19)7-6-15-8-10(12(16)17)13-14-15/h2-5,8H,6-7H2,1H3,(H,16,17). The van der Waals surface area contributed by atoms with Crippen molar-refractivity contribution in [2.45, 2.75) is 18.4 Å². The lowest BCUT2D eigenvalue weighted by Crippen LogP contribution is -2.14. The second-order valence-electron chi connectivity index (χ2n) is 4.26. The minimum Gasteiger partial charge on any atom is -0.476 e. The number of carbonyl (C=O) groups is 1. The molecule has 0 fully saturated rings. The number of aromatic carboxylic acids is 1. The fourth-order valence-corrected chi connectivity index (χ4v) is 3.23. The number of benzene rings is 1. The summed E-state index contributed by atoms with van der Waals surface area (Å²) in [6, 6.07) is 6.71.